The molecule has 0 spiro atoms. The topological polar surface area (TPSA) is 96.0 Å². The summed E-state index contributed by atoms with van der Waals surface area (Å²) >= 11 is 6.05. The normalized spacial score (nSPS) is 12.9. The molecule has 2 aromatic rings. The van der Waals surface area contributed by atoms with Crippen LogP contribution in [0, 0.1) is 0 Å². The number of ether oxygens (including phenoxy) is 1. The van der Waals surface area contributed by atoms with Crippen molar-refractivity contribution in [2.75, 3.05) is 24.2 Å². The van der Waals surface area contributed by atoms with Gasteiger partial charge in [0.25, 0.3) is 0 Å². The van der Waals surface area contributed by atoms with E-state index in [2.05, 4.69) is 5.32 Å². The minimum absolute atomic E-state index is 0.0188. The number of nitrogens with one attached hydrogen (secondary N) is 1. The third kappa shape index (κ3) is 8.71. The fraction of sp³-hybridized carbons (Fsp3) is 0.462. The Hall–Kier alpha value is -2.78. The minimum Gasteiger partial charge on any atom is -0.497 e. The third-order valence-corrected chi connectivity index (χ3v) is 7.33. The first-order valence-corrected chi connectivity index (χ1v) is 14.1. The Morgan fingerprint density at radius 2 is 1.81 bits per heavy atom. The highest BCUT2D eigenvalue weighted by molar-refractivity contribution is 7.92. The Kier molecular flexibility index (Phi) is 11.0. The number of anilines is 1. The number of carbonyl (C=O) groups excluding carboxylic acids is 2. The van der Waals surface area contributed by atoms with Crippen LogP contribution in [0.3, 0.4) is 0 Å². The number of rotatable bonds is 13. The van der Waals surface area contributed by atoms with E-state index in [9.17, 15) is 18.0 Å². The van der Waals surface area contributed by atoms with E-state index in [1.165, 1.54) is 9.21 Å². The number of benzene rings is 2. The van der Waals surface area contributed by atoms with Gasteiger partial charge in [-0.3, -0.25) is 13.9 Å². The summed E-state index contributed by atoms with van der Waals surface area (Å²) < 4.78 is 31.3. The maximum Gasteiger partial charge on any atom is 0.242 e. The van der Waals surface area contributed by atoms with Gasteiger partial charge in [0.15, 0.2) is 0 Å². The number of sulfonamides is 1. The Labute approximate surface area is 219 Å². The molecule has 0 saturated carbocycles. The van der Waals surface area contributed by atoms with Crippen LogP contribution < -0.4 is 14.4 Å². The molecule has 2 atom stereocenters. The Morgan fingerprint density at radius 1 is 1.11 bits per heavy atom. The highest BCUT2D eigenvalue weighted by Crippen LogP contribution is 2.23. The van der Waals surface area contributed by atoms with E-state index >= 15 is 0 Å². The van der Waals surface area contributed by atoms with Crippen molar-refractivity contribution in [2.24, 2.45) is 0 Å². The van der Waals surface area contributed by atoms with E-state index in [4.69, 9.17) is 16.3 Å². The van der Waals surface area contributed by atoms with Crippen molar-refractivity contribution < 1.29 is 22.7 Å². The van der Waals surface area contributed by atoms with Crippen LogP contribution in [0.25, 0.3) is 0 Å². The molecule has 36 heavy (non-hydrogen) atoms. The van der Waals surface area contributed by atoms with Crippen LogP contribution in [0.4, 0.5) is 5.69 Å². The van der Waals surface area contributed by atoms with E-state index < -0.39 is 16.1 Å². The molecule has 0 saturated heterocycles. The smallest absolute Gasteiger partial charge is 0.242 e. The molecule has 0 aliphatic carbocycles. The predicted octanol–water partition coefficient (Wildman–Crippen LogP) is 4.23. The third-order valence-electron chi connectivity index (χ3n) is 5.90. The molecular formula is C26H36ClN3O5S. The first-order chi connectivity index (χ1) is 17.0. The molecular weight excluding hydrogens is 502 g/mol. The Morgan fingerprint density at radius 3 is 2.42 bits per heavy atom. The van der Waals surface area contributed by atoms with Gasteiger partial charge in [-0.25, -0.2) is 8.42 Å². The number of carbonyl (C=O) groups is 2. The predicted molar refractivity (Wildman–Crippen MR) is 144 cm³/mol. The molecule has 0 aliphatic rings. The number of hydrogen-bond acceptors (Lipinski definition) is 5. The first kappa shape index (κ1) is 29.5. The summed E-state index contributed by atoms with van der Waals surface area (Å²) in [5.74, 6) is 0.170. The van der Waals surface area contributed by atoms with Gasteiger partial charge in [0, 0.05) is 30.6 Å². The monoisotopic (exact) mass is 537 g/mol. The van der Waals surface area contributed by atoms with Crippen LogP contribution in [0.1, 0.15) is 45.6 Å². The van der Waals surface area contributed by atoms with E-state index in [1.54, 1.807) is 38.3 Å². The first-order valence-electron chi connectivity index (χ1n) is 11.9. The van der Waals surface area contributed by atoms with Crippen LogP contribution in [0.2, 0.25) is 5.02 Å². The summed E-state index contributed by atoms with van der Waals surface area (Å²) in [7, 11) is -2.02. The second kappa shape index (κ2) is 13.5. The molecule has 0 unspecified atom stereocenters. The van der Waals surface area contributed by atoms with Gasteiger partial charge in [0.05, 0.1) is 19.1 Å². The van der Waals surface area contributed by atoms with Crippen LogP contribution >= 0.6 is 11.6 Å². The zero-order valence-corrected chi connectivity index (χ0v) is 23.1. The quantitative estimate of drug-likeness (QED) is 0.412. The van der Waals surface area contributed by atoms with Gasteiger partial charge in [-0.05, 0) is 62.6 Å². The molecule has 0 aromatic heterocycles. The van der Waals surface area contributed by atoms with Gasteiger partial charge in [0.2, 0.25) is 21.8 Å². The molecule has 0 radical (unpaired) electrons. The summed E-state index contributed by atoms with van der Waals surface area (Å²) in [6.45, 7) is 5.90. The summed E-state index contributed by atoms with van der Waals surface area (Å²) in [5.41, 5.74) is 1.26. The van der Waals surface area contributed by atoms with Crippen LogP contribution in [0.5, 0.6) is 5.75 Å². The molecule has 0 bridgehead atoms. The molecule has 0 fully saturated rings. The second-order valence-electron chi connectivity index (χ2n) is 8.79. The second-order valence-corrected chi connectivity index (χ2v) is 11.1. The molecule has 8 nitrogen and oxygen atoms in total. The lowest BCUT2D eigenvalue weighted by Gasteiger charge is -2.30. The summed E-state index contributed by atoms with van der Waals surface area (Å²) in [4.78, 5) is 27.7. The lowest BCUT2D eigenvalue weighted by molar-refractivity contribution is -0.140. The number of nitrogens with zero attached hydrogens (tertiary/aromatic N) is 2. The van der Waals surface area contributed by atoms with Crippen LogP contribution in [-0.2, 0) is 26.2 Å². The number of halogens is 1. The highest BCUT2D eigenvalue weighted by Gasteiger charge is 2.27. The van der Waals surface area contributed by atoms with Crippen molar-refractivity contribution in [3.63, 3.8) is 0 Å². The van der Waals surface area contributed by atoms with E-state index in [1.807, 2.05) is 38.1 Å². The highest BCUT2D eigenvalue weighted by atomic mass is 35.5. The summed E-state index contributed by atoms with van der Waals surface area (Å²) in [5, 5.41) is 3.36. The van der Waals surface area contributed by atoms with Crippen LogP contribution in [-0.4, -0.2) is 57.1 Å². The SMILES string of the molecule is CC[C@@H](C)NC(=O)[C@@H](C)N(Cc1cccc(OC)c1)C(=O)CCCN(c1cccc(Cl)c1)S(C)(=O)=O. The molecule has 0 heterocycles. The van der Waals surface area contributed by atoms with Crippen molar-refractivity contribution in [1.29, 1.82) is 0 Å². The average Bonchev–Trinajstić information content (AvgIpc) is 2.83. The lowest BCUT2D eigenvalue weighted by atomic mass is 10.1. The van der Waals surface area contributed by atoms with Crippen LogP contribution in [0.15, 0.2) is 48.5 Å². The van der Waals surface area contributed by atoms with Gasteiger partial charge in [-0.2, -0.15) is 0 Å². The fourth-order valence-corrected chi connectivity index (χ4v) is 4.79. The number of amides is 2. The van der Waals surface area contributed by atoms with E-state index in [0.717, 1.165) is 18.2 Å². The van der Waals surface area contributed by atoms with Gasteiger partial charge < -0.3 is 15.0 Å². The maximum absolute atomic E-state index is 13.4. The number of methoxy groups -OCH3 is 1. The van der Waals surface area contributed by atoms with Gasteiger partial charge in [0.1, 0.15) is 11.8 Å². The van der Waals surface area contributed by atoms with Gasteiger partial charge in [-0.1, -0.05) is 36.7 Å². The average molecular weight is 538 g/mol. The Balaban J connectivity index is 2.19. The minimum atomic E-state index is -3.58. The van der Waals surface area contributed by atoms with Crippen molar-refractivity contribution in [3.8, 4) is 5.75 Å². The zero-order valence-electron chi connectivity index (χ0n) is 21.5. The molecule has 2 rings (SSSR count). The molecule has 198 valence electrons. The zero-order chi connectivity index (χ0) is 26.9. The van der Waals surface area contributed by atoms with Crippen molar-refractivity contribution >= 4 is 39.1 Å². The lowest BCUT2D eigenvalue weighted by Crippen LogP contribution is -2.49. The Bertz CT molecular complexity index is 1140. The van der Waals surface area contributed by atoms with Crippen molar-refractivity contribution in [1.82, 2.24) is 10.2 Å². The summed E-state index contributed by atoms with van der Waals surface area (Å²) in [6.07, 6.45) is 2.23. The largest absolute Gasteiger partial charge is 0.497 e. The molecule has 0 aliphatic heterocycles. The molecule has 2 amide bonds. The van der Waals surface area contributed by atoms with Gasteiger partial charge in [-0.15, -0.1) is 0 Å². The van der Waals surface area contributed by atoms with Crippen molar-refractivity contribution in [3.05, 3.63) is 59.1 Å². The van der Waals surface area contributed by atoms with E-state index in [0.29, 0.717) is 16.5 Å². The molecule has 2 aromatic carbocycles. The van der Waals surface area contributed by atoms with Crippen molar-refractivity contribution in [2.45, 2.75) is 58.7 Å². The molecule has 10 heteroatoms. The van der Waals surface area contributed by atoms with E-state index in [-0.39, 0.29) is 43.8 Å². The fourth-order valence-electron chi connectivity index (χ4n) is 3.65. The summed E-state index contributed by atoms with van der Waals surface area (Å²) in [6, 6.07) is 13.2. The standard InChI is InChI=1S/C26H36ClN3O5S/c1-6-19(2)28-26(32)20(3)29(18-21-10-7-13-24(16-21)35-4)25(31)14-9-15-30(36(5,33)34)23-12-8-11-22(27)17-23/h7-8,10-13,16-17,19-20H,6,9,14-15,18H2,1-5H3,(H,28,32)/t19-,20-/m1/s1. The molecule has 1 N–H and O–H groups in total. The number of hydrogen-bond donors (Lipinski definition) is 1. The maximum atomic E-state index is 13.4. The van der Waals surface area contributed by atoms with Gasteiger partial charge >= 0.3 is 0 Å².